The van der Waals surface area contributed by atoms with Crippen LogP contribution in [0, 0.1) is 0 Å². The molecular weight excluding hydrogens is 1350 g/mol. The Morgan fingerprint density at radius 2 is 0.914 bits per heavy atom. The summed E-state index contributed by atoms with van der Waals surface area (Å²) in [5, 5.41) is 137. The molecule has 105 heavy (non-hydrogen) atoms. The van der Waals surface area contributed by atoms with Crippen molar-refractivity contribution in [3.8, 4) is 0 Å². The van der Waals surface area contributed by atoms with Gasteiger partial charge in [0, 0.05) is 19.8 Å². The van der Waals surface area contributed by atoms with Crippen molar-refractivity contribution in [1.82, 2.24) is 10.6 Å². The molecule has 0 aliphatic carbocycles. The van der Waals surface area contributed by atoms with Gasteiger partial charge in [-0.05, 0) is 44.9 Å². The lowest BCUT2D eigenvalue weighted by molar-refractivity contribution is -0.386. The molecule has 3 heterocycles. The van der Waals surface area contributed by atoms with Gasteiger partial charge in [0.15, 0.2) is 12.6 Å². The number of carboxylic acids is 1. The lowest BCUT2D eigenvalue weighted by Gasteiger charge is -2.50. The third kappa shape index (κ3) is 40.8. The van der Waals surface area contributed by atoms with E-state index in [1.807, 2.05) is 0 Å². The second kappa shape index (κ2) is 60.9. The van der Waals surface area contributed by atoms with Gasteiger partial charge < -0.3 is 100 Å². The van der Waals surface area contributed by atoms with Crippen LogP contribution in [0.5, 0.6) is 0 Å². The Morgan fingerprint density at radius 3 is 1.33 bits per heavy atom. The van der Waals surface area contributed by atoms with E-state index in [0.717, 1.165) is 71.1 Å². The van der Waals surface area contributed by atoms with Gasteiger partial charge in [0.25, 0.3) is 5.79 Å². The predicted molar refractivity (Wildman–Crippen MR) is 408 cm³/mol. The van der Waals surface area contributed by atoms with Gasteiger partial charge in [-0.2, -0.15) is 0 Å². The summed E-state index contributed by atoms with van der Waals surface area (Å²) in [5.74, 6) is -6.10. The SMILES string of the molecule is CCCCCCCCCCC/C=C\C/C=C\CCCCCCCCCCCCCCCC(=O)NC(COC1OC(CO)C(OC2OC(CO)C(O)C(OC3(C(=O)O)CC(O)C(NC(C)=O)C(C(O)C(O)CO)O3)C2O)C(O)C1O)C(O)CCCCCCCCCCCCCCCCCCCCCCCC. The summed E-state index contributed by atoms with van der Waals surface area (Å²) in [6.07, 6.45) is 38.8. The minimum absolute atomic E-state index is 0.224. The molecule has 23 nitrogen and oxygen atoms in total. The van der Waals surface area contributed by atoms with E-state index in [1.54, 1.807) is 0 Å². The van der Waals surface area contributed by atoms with Gasteiger partial charge in [0.2, 0.25) is 11.8 Å². The zero-order chi connectivity index (χ0) is 76.7. The lowest BCUT2D eigenvalue weighted by Crippen LogP contribution is -2.70. The van der Waals surface area contributed by atoms with E-state index >= 15 is 0 Å². The minimum atomic E-state index is -3.08. The van der Waals surface area contributed by atoms with Crippen LogP contribution in [-0.4, -0.2) is 215 Å². The molecule has 14 N–H and O–H groups in total. The monoisotopic (exact) mass is 1500 g/mol. The summed E-state index contributed by atoms with van der Waals surface area (Å²) >= 11 is 0. The highest BCUT2D eigenvalue weighted by Gasteiger charge is 2.60. The van der Waals surface area contributed by atoms with Crippen LogP contribution in [0.15, 0.2) is 24.3 Å². The van der Waals surface area contributed by atoms with Crippen LogP contribution in [-0.2, 0) is 42.8 Å². The zero-order valence-electron chi connectivity index (χ0n) is 65.3. The quantitative estimate of drug-likeness (QED) is 0.0199. The summed E-state index contributed by atoms with van der Waals surface area (Å²) in [4.78, 5) is 38.8. The van der Waals surface area contributed by atoms with Crippen LogP contribution in [0.1, 0.15) is 342 Å². The maximum absolute atomic E-state index is 13.6. The maximum Gasteiger partial charge on any atom is 0.364 e. The Kier molecular flexibility index (Phi) is 55.9. The molecule has 0 bridgehead atoms. The van der Waals surface area contributed by atoms with Gasteiger partial charge >= 0.3 is 5.97 Å². The summed E-state index contributed by atoms with van der Waals surface area (Å²) in [7, 11) is 0. The fraction of sp³-hybridized carbons (Fsp3) is 0.915. The van der Waals surface area contributed by atoms with E-state index in [1.165, 1.54) is 225 Å². The molecule has 23 heteroatoms. The molecule has 0 aromatic rings. The van der Waals surface area contributed by atoms with Crippen molar-refractivity contribution in [3.05, 3.63) is 24.3 Å². The first-order valence-electron chi connectivity index (χ1n) is 42.2. The smallest absolute Gasteiger partial charge is 0.364 e. The normalized spacial score (nSPS) is 26.3. The van der Waals surface area contributed by atoms with E-state index in [0.29, 0.717) is 19.3 Å². The number of carbonyl (C=O) groups excluding carboxylic acids is 2. The molecular formula is C82H152N2O21. The molecule has 3 aliphatic rings. The molecule has 0 aromatic carbocycles. The fourth-order valence-corrected chi connectivity index (χ4v) is 14.7. The summed E-state index contributed by atoms with van der Waals surface area (Å²) in [6, 6.07) is -2.53. The van der Waals surface area contributed by atoms with Crippen LogP contribution in [0.4, 0.5) is 0 Å². The molecule has 18 unspecified atom stereocenters. The topological polar surface area (TPSA) is 373 Å². The molecule has 18 atom stereocenters. The molecule has 3 saturated heterocycles. The van der Waals surface area contributed by atoms with Crippen LogP contribution < -0.4 is 10.6 Å². The Hall–Kier alpha value is -2.79. The number of aliphatic hydroxyl groups excluding tert-OH is 11. The fourth-order valence-electron chi connectivity index (χ4n) is 14.7. The predicted octanol–water partition coefficient (Wildman–Crippen LogP) is 11.9. The first-order valence-corrected chi connectivity index (χ1v) is 42.2. The van der Waals surface area contributed by atoms with E-state index in [2.05, 4.69) is 48.8 Å². The summed E-state index contributed by atoms with van der Waals surface area (Å²) in [5.41, 5.74) is 0. The van der Waals surface area contributed by atoms with E-state index in [4.69, 9.17) is 28.4 Å². The third-order valence-electron chi connectivity index (χ3n) is 21.4. The summed E-state index contributed by atoms with van der Waals surface area (Å²) in [6.45, 7) is 2.26. The second-order valence-corrected chi connectivity index (χ2v) is 30.7. The highest BCUT2D eigenvalue weighted by Crippen LogP contribution is 2.39. The average molecular weight is 1500 g/mol. The zero-order valence-corrected chi connectivity index (χ0v) is 65.3. The molecule has 3 rings (SSSR count). The number of aliphatic hydroxyl groups is 11. The van der Waals surface area contributed by atoms with Crippen LogP contribution in [0.25, 0.3) is 0 Å². The molecule has 2 amide bonds. The van der Waals surface area contributed by atoms with Crippen LogP contribution in [0.3, 0.4) is 0 Å². The first-order chi connectivity index (χ1) is 50.9. The van der Waals surface area contributed by atoms with Crippen molar-refractivity contribution in [3.63, 3.8) is 0 Å². The number of nitrogens with one attached hydrogen (secondary N) is 2. The van der Waals surface area contributed by atoms with Crippen LogP contribution >= 0.6 is 0 Å². The number of ether oxygens (including phenoxy) is 6. The molecule has 3 fully saturated rings. The first kappa shape index (κ1) is 96.4. The largest absolute Gasteiger partial charge is 0.477 e. The number of carbonyl (C=O) groups is 3. The van der Waals surface area contributed by atoms with Crippen molar-refractivity contribution < 1.29 is 104 Å². The number of rotatable bonds is 67. The molecule has 3 aliphatic heterocycles. The van der Waals surface area contributed by atoms with E-state index in [9.17, 15) is 75.7 Å². The molecule has 0 aromatic heterocycles. The molecule has 616 valence electrons. The van der Waals surface area contributed by atoms with Gasteiger partial charge in [-0.15, -0.1) is 0 Å². The van der Waals surface area contributed by atoms with Crippen molar-refractivity contribution in [2.24, 2.45) is 0 Å². The van der Waals surface area contributed by atoms with E-state index < -0.39 is 148 Å². The third-order valence-corrected chi connectivity index (χ3v) is 21.4. The number of hydrogen-bond acceptors (Lipinski definition) is 20. The number of hydrogen-bond donors (Lipinski definition) is 14. The molecule has 0 spiro atoms. The number of allylic oxidation sites excluding steroid dienone is 4. The van der Waals surface area contributed by atoms with Crippen molar-refractivity contribution in [2.45, 2.75) is 452 Å². The van der Waals surface area contributed by atoms with Crippen molar-refractivity contribution >= 4 is 17.8 Å². The molecule has 0 radical (unpaired) electrons. The maximum atomic E-state index is 13.6. The minimum Gasteiger partial charge on any atom is -0.477 e. The number of unbranched alkanes of at least 4 members (excludes halogenated alkanes) is 43. The van der Waals surface area contributed by atoms with E-state index in [-0.39, 0.29) is 18.9 Å². The van der Waals surface area contributed by atoms with Crippen molar-refractivity contribution in [2.75, 3.05) is 26.4 Å². The highest BCUT2D eigenvalue weighted by atomic mass is 16.8. The van der Waals surface area contributed by atoms with Crippen molar-refractivity contribution in [1.29, 1.82) is 0 Å². The van der Waals surface area contributed by atoms with Crippen LogP contribution in [0.2, 0.25) is 0 Å². The standard InChI is InChI=1S/C82H152N2O21/c1-4-6-8-10-12-14-16-18-20-22-24-26-28-29-30-31-32-33-34-36-38-40-42-44-46-48-50-52-54-56-69(92)84-63(64(89)55-53-51-49-47-45-43-41-39-37-35-27-25-23-21-19-17-15-13-11-9-7-5-2)61-100-79-74(96)73(95)76(68(60-87)102-79)103-80-75(97)78(72(94)67(59-86)101-80)105-82(81(98)99)57-65(90)70(83-62(3)88)77(104-82)71(93)66(91)58-85/h24,26,29-30,63-68,70-80,85-87,89-91,93-97H,4-23,25,27-28,31-61H2,1-3H3,(H,83,88)(H,84,92)(H,98,99)/b26-24-,30-29-. The number of aliphatic carboxylic acids is 1. The Balaban J connectivity index is 1.49. The van der Waals surface area contributed by atoms with Gasteiger partial charge in [-0.3, -0.25) is 9.59 Å². The highest BCUT2D eigenvalue weighted by molar-refractivity contribution is 5.77. The van der Waals surface area contributed by atoms with Gasteiger partial charge in [-0.25, -0.2) is 4.79 Å². The second-order valence-electron chi connectivity index (χ2n) is 30.7. The lowest BCUT2D eigenvalue weighted by atomic mass is 9.88. The average Bonchev–Trinajstić information content (AvgIpc) is 0.753. The number of amides is 2. The summed E-state index contributed by atoms with van der Waals surface area (Å²) < 4.78 is 35.0. The number of carboxylic acid groups (broad SMARTS) is 1. The van der Waals surface area contributed by atoms with Gasteiger partial charge in [-0.1, -0.05) is 301 Å². The van der Waals surface area contributed by atoms with Gasteiger partial charge in [0.1, 0.15) is 67.1 Å². The van der Waals surface area contributed by atoms with Gasteiger partial charge in [0.05, 0.1) is 50.7 Å². The Morgan fingerprint density at radius 1 is 0.495 bits per heavy atom. The Bertz CT molecular complexity index is 2180. The Labute approximate surface area is 632 Å². The molecule has 0 saturated carbocycles.